The molecule has 0 saturated carbocycles. The first-order valence-electron chi connectivity index (χ1n) is 5.92. The maximum Gasteiger partial charge on any atom is 0.0711 e. The van der Waals surface area contributed by atoms with Crippen LogP contribution < -0.4 is 11.3 Å². The topological polar surface area (TPSA) is 60.2 Å². The minimum atomic E-state index is 0.316. The molecule has 1 aliphatic heterocycles. The van der Waals surface area contributed by atoms with Crippen molar-refractivity contribution < 1.29 is 4.74 Å². The first kappa shape index (κ1) is 11.7. The minimum Gasteiger partial charge on any atom is -0.381 e. The highest BCUT2D eigenvalue weighted by molar-refractivity contribution is 6.31. The SMILES string of the molecule is NNc1cc2cc(Cl)ccc2nc1C1CCOC1. The number of aromatic nitrogens is 1. The zero-order chi connectivity index (χ0) is 12.5. The quantitative estimate of drug-likeness (QED) is 0.646. The van der Waals surface area contributed by atoms with Crippen molar-refractivity contribution in [3.63, 3.8) is 0 Å². The van der Waals surface area contributed by atoms with Crippen LogP contribution >= 0.6 is 11.6 Å². The molecule has 1 aromatic carbocycles. The van der Waals surface area contributed by atoms with Crippen LogP contribution in [-0.4, -0.2) is 18.2 Å². The number of nitrogens with two attached hydrogens (primary N) is 1. The van der Waals surface area contributed by atoms with E-state index in [9.17, 15) is 0 Å². The number of benzene rings is 1. The summed E-state index contributed by atoms with van der Waals surface area (Å²) in [6, 6.07) is 7.65. The maximum absolute atomic E-state index is 5.98. The summed E-state index contributed by atoms with van der Waals surface area (Å²) in [5, 5.41) is 1.68. The number of anilines is 1. The molecule has 0 amide bonds. The molecule has 5 heteroatoms. The molecule has 1 fully saturated rings. The van der Waals surface area contributed by atoms with Crippen molar-refractivity contribution in [2.24, 2.45) is 5.84 Å². The molecule has 2 aromatic rings. The van der Waals surface area contributed by atoms with Gasteiger partial charge in [-0.3, -0.25) is 10.8 Å². The highest BCUT2D eigenvalue weighted by Gasteiger charge is 2.22. The van der Waals surface area contributed by atoms with Gasteiger partial charge in [-0.05, 0) is 30.7 Å². The normalized spacial score (nSPS) is 19.3. The van der Waals surface area contributed by atoms with Crippen LogP contribution in [0.2, 0.25) is 5.02 Å². The Kier molecular flexibility index (Phi) is 3.07. The smallest absolute Gasteiger partial charge is 0.0711 e. The summed E-state index contributed by atoms with van der Waals surface area (Å²) in [4.78, 5) is 4.69. The third kappa shape index (κ3) is 2.03. The van der Waals surface area contributed by atoms with E-state index in [1.165, 1.54) is 0 Å². The van der Waals surface area contributed by atoms with Crippen LogP contribution in [0.1, 0.15) is 18.0 Å². The van der Waals surface area contributed by atoms with Gasteiger partial charge in [0.2, 0.25) is 0 Å². The van der Waals surface area contributed by atoms with E-state index in [0.29, 0.717) is 17.5 Å². The molecule has 0 radical (unpaired) electrons. The van der Waals surface area contributed by atoms with Gasteiger partial charge >= 0.3 is 0 Å². The summed E-state index contributed by atoms with van der Waals surface area (Å²) in [5.74, 6) is 5.90. The third-order valence-corrected chi connectivity index (χ3v) is 3.51. The van der Waals surface area contributed by atoms with E-state index < -0.39 is 0 Å². The molecule has 1 unspecified atom stereocenters. The van der Waals surface area contributed by atoms with Crippen LogP contribution in [0.4, 0.5) is 5.69 Å². The number of fused-ring (bicyclic) bond motifs is 1. The number of hydrogen-bond acceptors (Lipinski definition) is 4. The van der Waals surface area contributed by atoms with Crippen LogP contribution in [0.25, 0.3) is 10.9 Å². The summed E-state index contributed by atoms with van der Waals surface area (Å²) < 4.78 is 5.41. The van der Waals surface area contributed by atoms with E-state index in [4.69, 9.17) is 22.2 Å². The molecule has 18 heavy (non-hydrogen) atoms. The Bertz CT molecular complexity index is 582. The van der Waals surface area contributed by atoms with Crippen molar-refractivity contribution in [2.75, 3.05) is 18.6 Å². The predicted octanol–water partition coefficient (Wildman–Crippen LogP) is 2.68. The first-order valence-corrected chi connectivity index (χ1v) is 6.30. The van der Waals surface area contributed by atoms with Gasteiger partial charge in [-0.1, -0.05) is 11.6 Å². The summed E-state index contributed by atoms with van der Waals surface area (Å²) in [7, 11) is 0. The Balaban J connectivity index is 2.14. The molecular weight excluding hydrogens is 250 g/mol. The molecule has 1 saturated heterocycles. The minimum absolute atomic E-state index is 0.316. The number of nitrogen functional groups attached to an aromatic ring is 1. The highest BCUT2D eigenvalue weighted by atomic mass is 35.5. The monoisotopic (exact) mass is 263 g/mol. The van der Waals surface area contributed by atoms with Gasteiger partial charge in [0.15, 0.2) is 0 Å². The van der Waals surface area contributed by atoms with E-state index in [0.717, 1.165) is 35.3 Å². The number of hydrogen-bond donors (Lipinski definition) is 2. The molecule has 0 bridgehead atoms. The van der Waals surface area contributed by atoms with E-state index in [1.54, 1.807) is 0 Å². The largest absolute Gasteiger partial charge is 0.381 e. The lowest BCUT2D eigenvalue weighted by Gasteiger charge is -2.14. The third-order valence-electron chi connectivity index (χ3n) is 3.28. The molecule has 94 valence electrons. The second-order valence-corrected chi connectivity index (χ2v) is 4.90. The molecular formula is C13H14ClN3O. The maximum atomic E-state index is 5.98. The summed E-state index contributed by atoms with van der Waals surface area (Å²) in [5.41, 5.74) is 5.48. The van der Waals surface area contributed by atoms with E-state index in [1.807, 2.05) is 24.3 Å². The average Bonchev–Trinajstić information content (AvgIpc) is 2.90. The number of nitrogens with zero attached hydrogens (tertiary/aromatic N) is 1. The van der Waals surface area contributed by atoms with Gasteiger partial charge in [0.1, 0.15) is 0 Å². The molecule has 1 atom stereocenters. The van der Waals surface area contributed by atoms with Crippen molar-refractivity contribution in [3.05, 3.63) is 35.0 Å². The summed E-state index contributed by atoms with van der Waals surface area (Å²) in [6.07, 6.45) is 0.987. The predicted molar refractivity (Wildman–Crippen MR) is 72.7 cm³/mol. The molecule has 2 heterocycles. The molecule has 4 nitrogen and oxygen atoms in total. The van der Waals surface area contributed by atoms with Crippen molar-refractivity contribution >= 4 is 28.2 Å². The van der Waals surface area contributed by atoms with E-state index in [2.05, 4.69) is 10.4 Å². The van der Waals surface area contributed by atoms with Gasteiger partial charge in [-0.2, -0.15) is 0 Å². The van der Waals surface area contributed by atoms with Crippen molar-refractivity contribution in [2.45, 2.75) is 12.3 Å². The number of ether oxygens (including phenoxy) is 1. The van der Waals surface area contributed by atoms with Gasteiger partial charge in [-0.25, -0.2) is 0 Å². The number of pyridine rings is 1. The van der Waals surface area contributed by atoms with Crippen LogP contribution in [0.5, 0.6) is 0 Å². The summed E-state index contributed by atoms with van der Waals surface area (Å²) >= 11 is 5.98. The lowest BCUT2D eigenvalue weighted by Crippen LogP contribution is -2.13. The molecule has 3 N–H and O–H groups in total. The van der Waals surface area contributed by atoms with Gasteiger partial charge < -0.3 is 10.2 Å². The van der Waals surface area contributed by atoms with Gasteiger partial charge in [0.25, 0.3) is 0 Å². The lowest BCUT2D eigenvalue weighted by atomic mass is 10.0. The van der Waals surface area contributed by atoms with Crippen molar-refractivity contribution in [1.82, 2.24) is 4.98 Å². The fourth-order valence-electron chi connectivity index (χ4n) is 2.34. The fraction of sp³-hybridized carbons (Fsp3) is 0.308. The summed E-state index contributed by atoms with van der Waals surface area (Å²) in [6.45, 7) is 1.50. The zero-order valence-electron chi connectivity index (χ0n) is 9.82. The second-order valence-electron chi connectivity index (χ2n) is 4.46. The highest BCUT2D eigenvalue weighted by Crippen LogP contribution is 2.32. The zero-order valence-corrected chi connectivity index (χ0v) is 10.6. The second kappa shape index (κ2) is 4.72. The van der Waals surface area contributed by atoms with Crippen LogP contribution in [0.3, 0.4) is 0 Å². The average molecular weight is 264 g/mol. The van der Waals surface area contributed by atoms with Crippen LogP contribution in [0, 0.1) is 0 Å². The van der Waals surface area contributed by atoms with Crippen LogP contribution in [-0.2, 0) is 4.74 Å². The Morgan fingerprint density at radius 1 is 1.39 bits per heavy atom. The Morgan fingerprint density at radius 3 is 3.00 bits per heavy atom. The number of rotatable bonds is 2. The standard InChI is InChI=1S/C13H14ClN3O/c14-10-1-2-11-9(5-10)6-12(17-15)13(16-11)8-3-4-18-7-8/h1-2,5-6,8,17H,3-4,7,15H2. The Labute approximate surface area is 110 Å². The lowest BCUT2D eigenvalue weighted by molar-refractivity contribution is 0.193. The Morgan fingerprint density at radius 2 is 2.28 bits per heavy atom. The number of halogens is 1. The molecule has 1 aromatic heterocycles. The Hall–Kier alpha value is -1.36. The van der Waals surface area contributed by atoms with E-state index >= 15 is 0 Å². The molecule has 3 rings (SSSR count). The number of hydrazine groups is 1. The first-order chi connectivity index (χ1) is 8.78. The van der Waals surface area contributed by atoms with Crippen molar-refractivity contribution in [3.8, 4) is 0 Å². The molecule has 1 aliphatic rings. The fourth-order valence-corrected chi connectivity index (χ4v) is 2.52. The molecule has 0 aliphatic carbocycles. The molecule has 0 spiro atoms. The van der Waals surface area contributed by atoms with Gasteiger partial charge in [-0.15, -0.1) is 0 Å². The van der Waals surface area contributed by atoms with Gasteiger partial charge in [0.05, 0.1) is 23.5 Å². The van der Waals surface area contributed by atoms with Crippen LogP contribution in [0.15, 0.2) is 24.3 Å². The van der Waals surface area contributed by atoms with E-state index in [-0.39, 0.29) is 0 Å². The van der Waals surface area contributed by atoms with Gasteiger partial charge in [0, 0.05) is 22.9 Å². The number of nitrogens with one attached hydrogen (secondary N) is 1. The van der Waals surface area contributed by atoms with Crippen molar-refractivity contribution in [1.29, 1.82) is 0 Å².